The van der Waals surface area contributed by atoms with Gasteiger partial charge in [-0.1, -0.05) is 60.1 Å². The molecule has 2 atom stereocenters. The fourth-order valence-corrected chi connectivity index (χ4v) is 7.04. The number of carbonyl (C=O) groups is 4. The molecule has 0 unspecified atom stereocenters. The Labute approximate surface area is 259 Å². The summed E-state index contributed by atoms with van der Waals surface area (Å²) in [5.74, 6) is -3.99. The topological polar surface area (TPSA) is 92.8 Å². The number of carbonyl (C=O) groups excluding carboxylic acids is 4. The van der Waals surface area contributed by atoms with Gasteiger partial charge in [-0.15, -0.1) is 0 Å². The molecule has 1 aliphatic heterocycles. The molecular weight excluding hydrogens is 609 g/mol. The number of benzene rings is 4. The first-order valence-corrected chi connectivity index (χ1v) is 14.4. The Morgan fingerprint density at radius 1 is 0.778 bits per heavy atom. The predicted octanol–water partition coefficient (Wildman–Crippen LogP) is 6.55. The minimum atomic E-state index is -4.64. The quantitative estimate of drug-likeness (QED) is 0.199. The Balaban J connectivity index is 1.06. The van der Waals surface area contributed by atoms with Crippen LogP contribution in [0.4, 0.5) is 24.5 Å². The Kier molecular flexibility index (Phi) is 6.77. The summed E-state index contributed by atoms with van der Waals surface area (Å²) in [6, 6.07) is 24.0. The van der Waals surface area contributed by atoms with E-state index >= 15 is 0 Å². The lowest BCUT2D eigenvalue weighted by molar-refractivity contribution is -0.137. The van der Waals surface area contributed by atoms with Crippen LogP contribution in [-0.2, 0) is 25.3 Å². The molecule has 226 valence electrons. The van der Waals surface area contributed by atoms with E-state index in [1.54, 1.807) is 0 Å². The van der Waals surface area contributed by atoms with Crippen LogP contribution in [0.25, 0.3) is 0 Å². The number of imide groups is 1. The fraction of sp³-hybridized carbons (Fsp3) is 0.176. The standard InChI is InChI=1S/C34H22ClF3N2O5/c35-24-14-11-18(34(36,37)38)15-25(24)39-26(41)16-45-33(44)17-9-12-19(13-10-17)40-31(42)29-27-20-5-1-2-6-21(20)28(30(29)32(40)43)23-8-4-3-7-22(23)27/h1-15,27-30H,16H2,(H,39,41)/t27?,28?,29-,30+. The molecule has 4 aromatic carbocycles. The van der Waals surface area contributed by atoms with Crippen molar-refractivity contribution in [3.8, 4) is 0 Å². The third-order valence-corrected chi connectivity index (χ3v) is 9.04. The van der Waals surface area contributed by atoms with Crippen LogP contribution in [0.2, 0.25) is 5.02 Å². The van der Waals surface area contributed by atoms with Crippen LogP contribution < -0.4 is 10.2 Å². The Bertz CT molecular complexity index is 1790. The van der Waals surface area contributed by atoms with Gasteiger partial charge in [-0.2, -0.15) is 13.2 Å². The monoisotopic (exact) mass is 630 g/mol. The molecule has 8 rings (SSSR count). The molecule has 0 spiro atoms. The third kappa shape index (κ3) is 4.67. The number of alkyl halides is 3. The second kappa shape index (κ2) is 10.6. The Hall–Kier alpha value is -4.96. The predicted molar refractivity (Wildman–Crippen MR) is 158 cm³/mol. The zero-order chi connectivity index (χ0) is 31.6. The van der Waals surface area contributed by atoms with Gasteiger partial charge in [-0.3, -0.25) is 14.4 Å². The van der Waals surface area contributed by atoms with Crippen molar-refractivity contribution in [2.45, 2.75) is 18.0 Å². The van der Waals surface area contributed by atoms with E-state index in [1.165, 1.54) is 29.2 Å². The number of hydrogen-bond donors (Lipinski definition) is 1. The van der Waals surface area contributed by atoms with Crippen LogP contribution in [0.15, 0.2) is 91.0 Å². The van der Waals surface area contributed by atoms with E-state index in [1.807, 2.05) is 48.5 Å². The van der Waals surface area contributed by atoms with E-state index in [9.17, 15) is 32.3 Å². The second-order valence-electron chi connectivity index (χ2n) is 11.1. The van der Waals surface area contributed by atoms with Gasteiger partial charge in [0.05, 0.1) is 39.4 Å². The van der Waals surface area contributed by atoms with E-state index in [2.05, 4.69) is 5.32 Å². The molecule has 1 fully saturated rings. The summed E-state index contributed by atoms with van der Waals surface area (Å²) in [6.45, 7) is -0.788. The first kappa shape index (κ1) is 28.8. The summed E-state index contributed by atoms with van der Waals surface area (Å²) < 4.78 is 44.1. The van der Waals surface area contributed by atoms with Crippen LogP contribution in [0, 0.1) is 11.8 Å². The van der Waals surface area contributed by atoms with Crippen molar-refractivity contribution < 1.29 is 37.1 Å². The maximum atomic E-state index is 13.9. The molecule has 11 heteroatoms. The fourth-order valence-electron chi connectivity index (χ4n) is 6.88. The van der Waals surface area contributed by atoms with Crippen molar-refractivity contribution in [3.63, 3.8) is 0 Å². The molecule has 3 amide bonds. The van der Waals surface area contributed by atoms with Gasteiger partial charge in [0.1, 0.15) is 0 Å². The van der Waals surface area contributed by atoms with Crippen molar-refractivity contribution in [2.75, 3.05) is 16.8 Å². The van der Waals surface area contributed by atoms with Gasteiger partial charge < -0.3 is 10.1 Å². The van der Waals surface area contributed by atoms with E-state index in [4.69, 9.17) is 16.3 Å². The van der Waals surface area contributed by atoms with E-state index in [-0.39, 0.29) is 39.9 Å². The summed E-state index contributed by atoms with van der Waals surface area (Å²) in [5.41, 5.74) is 3.30. The van der Waals surface area contributed by atoms with Crippen molar-refractivity contribution >= 4 is 46.7 Å². The largest absolute Gasteiger partial charge is 0.452 e. The first-order chi connectivity index (χ1) is 21.5. The number of anilines is 2. The normalized spacial score (nSPS) is 21.2. The zero-order valence-electron chi connectivity index (χ0n) is 23.2. The van der Waals surface area contributed by atoms with Crippen LogP contribution in [-0.4, -0.2) is 30.3 Å². The maximum Gasteiger partial charge on any atom is 0.416 e. The Morgan fingerprint density at radius 3 is 1.78 bits per heavy atom. The molecule has 0 radical (unpaired) electrons. The number of hydrogen-bond acceptors (Lipinski definition) is 5. The SMILES string of the molecule is O=C(COC(=O)c1ccc(N2C(=O)[C@@H]3C4c5ccccc5C(c5ccccc54)[C@@H]3C2=O)cc1)Nc1cc(C(F)(F)F)ccc1Cl. The van der Waals surface area contributed by atoms with Crippen LogP contribution in [0.1, 0.15) is 50.0 Å². The summed E-state index contributed by atoms with van der Waals surface area (Å²) in [4.78, 5) is 53.9. The van der Waals surface area contributed by atoms with Gasteiger partial charge >= 0.3 is 12.1 Å². The van der Waals surface area contributed by atoms with Gasteiger partial charge in [0, 0.05) is 11.8 Å². The molecule has 3 aliphatic carbocycles. The van der Waals surface area contributed by atoms with Gasteiger partial charge in [-0.05, 0) is 64.7 Å². The van der Waals surface area contributed by atoms with Gasteiger partial charge in [0.2, 0.25) is 11.8 Å². The summed E-state index contributed by atoms with van der Waals surface area (Å²) in [6.07, 6.45) is -4.64. The van der Waals surface area contributed by atoms with Crippen molar-refractivity contribution in [1.29, 1.82) is 0 Å². The Morgan fingerprint density at radius 2 is 1.29 bits per heavy atom. The highest BCUT2D eigenvalue weighted by Crippen LogP contribution is 2.61. The van der Waals surface area contributed by atoms with Gasteiger partial charge in [0.25, 0.3) is 5.91 Å². The summed E-state index contributed by atoms with van der Waals surface area (Å²) in [5, 5.41) is 2.09. The number of rotatable bonds is 5. The average molecular weight is 631 g/mol. The average Bonchev–Trinajstić information content (AvgIpc) is 3.30. The molecular formula is C34H22ClF3N2O5. The highest BCUT2D eigenvalue weighted by atomic mass is 35.5. The van der Waals surface area contributed by atoms with E-state index < -0.39 is 42.1 Å². The number of amides is 3. The molecule has 1 N–H and O–H groups in total. The van der Waals surface area contributed by atoms with Crippen molar-refractivity contribution in [1.82, 2.24) is 0 Å². The van der Waals surface area contributed by atoms with Crippen LogP contribution in [0.5, 0.6) is 0 Å². The van der Waals surface area contributed by atoms with E-state index in [0.717, 1.165) is 34.4 Å². The van der Waals surface area contributed by atoms with Crippen LogP contribution in [0.3, 0.4) is 0 Å². The number of halogens is 4. The van der Waals surface area contributed by atoms with E-state index in [0.29, 0.717) is 11.8 Å². The molecule has 1 heterocycles. The minimum absolute atomic E-state index is 0.0417. The van der Waals surface area contributed by atoms with Gasteiger partial charge in [0.15, 0.2) is 6.61 Å². The number of nitrogens with zero attached hydrogens (tertiary/aromatic N) is 1. The van der Waals surface area contributed by atoms with Crippen molar-refractivity contribution in [2.24, 2.45) is 11.8 Å². The number of esters is 1. The lowest BCUT2D eigenvalue weighted by Crippen LogP contribution is -2.41. The highest BCUT2D eigenvalue weighted by Gasteiger charge is 2.61. The molecule has 4 aromatic rings. The summed E-state index contributed by atoms with van der Waals surface area (Å²) >= 11 is 5.90. The smallest absolute Gasteiger partial charge is 0.416 e. The summed E-state index contributed by atoms with van der Waals surface area (Å²) in [7, 11) is 0. The zero-order valence-corrected chi connectivity index (χ0v) is 23.9. The maximum absolute atomic E-state index is 13.9. The lowest BCUT2D eigenvalue weighted by atomic mass is 9.55. The lowest BCUT2D eigenvalue weighted by Gasteiger charge is -2.45. The van der Waals surface area contributed by atoms with Gasteiger partial charge in [-0.25, -0.2) is 9.69 Å². The number of nitrogens with one attached hydrogen (secondary N) is 1. The molecule has 1 saturated heterocycles. The third-order valence-electron chi connectivity index (χ3n) is 8.71. The van der Waals surface area contributed by atoms with Crippen molar-refractivity contribution in [3.05, 3.63) is 129 Å². The van der Waals surface area contributed by atoms with Crippen LogP contribution >= 0.6 is 11.6 Å². The number of ether oxygens (including phenoxy) is 1. The second-order valence-corrected chi connectivity index (χ2v) is 11.5. The highest BCUT2D eigenvalue weighted by molar-refractivity contribution is 6.33. The molecule has 0 saturated carbocycles. The molecule has 4 aliphatic rings. The molecule has 45 heavy (non-hydrogen) atoms. The molecule has 0 aromatic heterocycles. The first-order valence-electron chi connectivity index (χ1n) is 14.0. The molecule has 7 nitrogen and oxygen atoms in total. The molecule has 2 bridgehead atoms. The minimum Gasteiger partial charge on any atom is -0.452 e.